The van der Waals surface area contributed by atoms with Crippen LogP contribution in [-0.2, 0) is 25.1 Å². The third-order valence-corrected chi connectivity index (χ3v) is 1.79. The number of aliphatic carboxylic acids is 1. The lowest BCUT2D eigenvalue weighted by Crippen LogP contribution is -2.38. The summed E-state index contributed by atoms with van der Waals surface area (Å²) in [7, 11) is 2.91. The van der Waals surface area contributed by atoms with Crippen LogP contribution in [0.2, 0.25) is 0 Å². The number of alkyl halides is 6. The quantitative estimate of drug-likeness (QED) is 0.501. The van der Waals surface area contributed by atoms with Crippen molar-refractivity contribution in [3.8, 4) is 0 Å². The maximum Gasteiger partial charge on any atom is 0.436 e. The summed E-state index contributed by atoms with van der Waals surface area (Å²) in [6.07, 6.45) is -8.08. The molecule has 18 heavy (non-hydrogen) atoms. The topological polar surface area (TPSA) is 48.9 Å². The number of halogens is 6. The molecule has 0 saturated heterocycles. The minimum absolute atomic E-state index is 0.639. The predicted molar refractivity (Wildman–Crippen MR) is 42.7 cm³/mol. The van der Waals surface area contributed by atoms with Gasteiger partial charge in [-0.05, 0) is 0 Å². The molecule has 0 N–H and O–H groups in total. The normalized spacial score (nSPS) is 11.8. The molecule has 0 bridgehead atoms. The van der Waals surface area contributed by atoms with Crippen molar-refractivity contribution in [3.05, 3.63) is 18.0 Å². The molecule has 104 valence electrons. The fourth-order valence-electron chi connectivity index (χ4n) is 0.834. The van der Waals surface area contributed by atoms with Crippen LogP contribution in [0.5, 0.6) is 0 Å². The molecule has 0 amide bonds. The first-order valence-corrected chi connectivity index (χ1v) is 4.24. The summed E-state index contributed by atoms with van der Waals surface area (Å²) < 4.78 is 70.0. The van der Waals surface area contributed by atoms with Crippen LogP contribution >= 0.6 is 0 Å². The first kappa shape index (κ1) is 16.3. The summed E-state index contributed by atoms with van der Waals surface area (Å²) in [4.78, 5) is 8.78. The van der Waals surface area contributed by atoms with Crippen LogP contribution < -0.4 is 9.79 Å². The van der Waals surface area contributed by atoms with Crippen molar-refractivity contribution in [2.24, 2.45) is 14.1 Å². The average molecular weight is 278 g/mol. The van der Waals surface area contributed by atoms with Gasteiger partial charge in [0.15, 0.2) is 18.9 Å². The Morgan fingerprint density at radius 3 is 1.78 bits per heavy atom. The molecule has 0 unspecified atom stereocenters. The zero-order chi connectivity index (χ0) is 14.7. The lowest BCUT2D eigenvalue weighted by atomic mass is 10.4. The van der Waals surface area contributed by atoms with Crippen molar-refractivity contribution in [1.29, 1.82) is 0 Å². The maximum absolute atomic E-state index is 12.0. The Labute approximate surface area is 97.0 Å². The SMILES string of the molecule is Cn1c(C(F)(F)F)cc[n+]1C.O=C([O-])C(F)(F)F. The highest BCUT2D eigenvalue weighted by Gasteiger charge is 2.36. The highest BCUT2D eigenvalue weighted by atomic mass is 19.4. The van der Waals surface area contributed by atoms with Crippen molar-refractivity contribution >= 4 is 5.97 Å². The largest absolute Gasteiger partial charge is 0.542 e. The van der Waals surface area contributed by atoms with Crippen molar-refractivity contribution in [1.82, 2.24) is 4.68 Å². The highest BCUT2D eigenvalue weighted by molar-refractivity contribution is 5.70. The fraction of sp³-hybridized carbons (Fsp3) is 0.500. The van der Waals surface area contributed by atoms with Gasteiger partial charge in [0, 0.05) is 6.07 Å². The Bertz CT molecular complexity index is 420. The van der Waals surface area contributed by atoms with E-state index in [0.717, 1.165) is 10.7 Å². The Hall–Kier alpha value is -1.74. The van der Waals surface area contributed by atoms with E-state index in [1.165, 1.54) is 17.9 Å². The number of aryl methyl sites for hydroxylation is 1. The van der Waals surface area contributed by atoms with Gasteiger partial charge in [0.1, 0.15) is 5.97 Å². The molecular weight excluding hydrogens is 270 g/mol. The van der Waals surface area contributed by atoms with E-state index < -0.39 is 24.0 Å². The van der Waals surface area contributed by atoms with Gasteiger partial charge in [-0.1, -0.05) is 0 Å². The summed E-state index contributed by atoms with van der Waals surface area (Å²) in [6, 6.07) is 1.04. The smallest absolute Gasteiger partial charge is 0.436 e. The third kappa shape index (κ3) is 4.63. The summed E-state index contributed by atoms with van der Waals surface area (Å²) >= 11 is 0. The van der Waals surface area contributed by atoms with Crippen LogP contribution in [0.25, 0.3) is 0 Å². The number of hydrogen-bond acceptors (Lipinski definition) is 2. The van der Waals surface area contributed by atoms with Crippen molar-refractivity contribution < 1.29 is 40.9 Å². The summed E-state index contributed by atoms with van der Waals surface area (Å²) in [5.41, 5.74) is -0.639. The van der Waals surface area contributed by atoms with Crippen LogP contribution in [0.15, 0.2) is 12.3 Å². The molecule has 0 saturated carbocycles. The van der Waals surface area contributed by atoms with Gasteiger partial charge in [-0.25, -0.2) is 0 Å². The minimum atomic E-state index is -5.19. The summed E-state index contributed by atoms with van der Waals surface area (Å²) in [5, 5.41) is 8.78. The molecule has 0 spiro atoms. The van der Waals surface area contributed by atoms with E-state index in [0.29, 0.717) is 0 Å². The molecule has 0 aromatic carbocycles. The first-order valence-electron chi connectivity index (χ1n) is 4.24. The van der Waals surface area contributed by atoms with Gasteiger partial charge in [-0.3, -0.25) is 0 Å². The molecule has 0 fully saturated rings. The number of hydrogen-bond donors (Lipinski definition) is 0. The van der Waals surface area contributed by atoms with Gasteiger partial charge < -0.3 is 9.90 Å². The molecule has 1 rings (SSSR count). The molecule has 4 nitrogen and oxygen atoms in total. The summed E-state index contributed by atoms with van der Waals surface area (Å²) in [5.74, 6) is -3.01. The molecule has 1 heterocycles. The Kier molecular flexibility index (Phi) is 4.76. The lowest BCUT2D eigenvalue weighted by molar-refractivity contribution is -0.752. The molecule has 1 aromatic rings. The van der Waals surface area contributed by atoms with Gasteiger partial charge in [0.05, 0.1) is 7.05 Å². The fourth-order valence-corrected chi connectivity index (χ4v) is 0.834. The van der Waals surface area contributed by atoms with Gasteiger partial charge in [0.2, 0.25) is 0 Å². The van der Waals surface area contributed by atoms with E-state index in [1.54, 1.807) is 7.05 Å². The molecule has 0 aliphatic rings. The van der Waals surface area contributed by atoms with Gasteiger partial charge in [-0.2, -0.15) is 31.0 Å². The predicted octanol–water partition coefficient (Wildman–Crippen LogP) is 0.167. The number of carbonyl (C=O) groups is 1. The van der Waals surface area contributed by atoms with E-state index in [-0.39, 0.29) is 0 Å². The molecule has 10 heteroatoms. The number of carboxylic acid groups (broad SMARTS) is 1. The lowest BCUT2D eigenvalue weighted by Gasteiger charge is -2.03. The zero-order valence-corrected chi connectivity index (χ0v) is 9.13. The number of carbonyl (C=O) groups excluding carboxylic acids is 1. The number of carboxylic acids is 1. The van der Waals surface area contributed by atoms with Gasteiger partial charge >= 0.3 is 12.4 Å². The van der Waals surface area contributed by atoms with E-state index in [4.69, 9.17) is 9.90 Å². The molecule has 0 atom stereocenters. The third-order valence-electron chi connectivity index (χ3n) is 1.79. The molecule has 0 aliphatic carbocycles. The van der Waals surface area contributed by atoms with Gasteiger partial charge in [0.25, 0.3) is 0 Å². The van der Waals surface area contributed by atoms with Crippen LogP contribution in [0.4, 0.5) is 26.3 Å². The highest BCUT2D eigenvalue weighted by Crippen LogP contribution is 2.27. The second-order valence-corrected chi connectivity index (χ2v) is 3.08. The van der Waals surface area contributed by atoms with Crippen LogP contribution in [0.3, 0.4) is 0 Å². The Morgan fingerprint density at radius 2 is 1.67 bits per heavy atom. The number of nitrogens with zero attached hydrogens (tertiary/aromatic N) is 2. The first-order chi connectivity index (χ1) is 7.87. The second-order valence-electron chi connectivity index (χ2n) is 3.08. The van der Waals surface area contributed by atoms with E-state index >= 15 is 0 Å². The van der Waals surface area contributed by atoms with Crippen LogP contribution in [-0.4, -0.2) is 16.8 Å². The van der Waals surface area contributed by atoms with E-state index in [1.807, 2.05) is 0 Å². The minimum Gasteiger partial charge on any atom is -0.542 e. The van der Waals surface area contributed by atoms with Crippen LogP contribution in [0.1, 0.15) is 5.69 Å². The van der Waals surface area contributed by atoms with Crippen molar-refractivity contribution in [2.45, 2.75) is 12.4 Å². The molecule has 1 aromatic heterocycles. The van der Waals surface area contributed by atoms with Crippen molar-refractivity contribution in [2.75, 3.05) is 0 Å². The van der Waals surface area contributed by atoms with Gasteiger partial charge in [-0.15, -0.1) is 4.68 Å². The number of aromatic nitrogens is 2. The Morgan fingerprint density at radius 1 is 1.28 bits per heavy atom. The van der Waals surface area contributed by atoms with E-state index in [9.17, 15) is 26.3 Å². The molecule has 0 radical (unpaired) electrons. The summed E-state index contributed by atoms with van der Waals surface area (Å²) in [6.45, 7) is 0. The maximum atomic E-state index is 12.0. The van der Waals surface area contributed by atoms with E-state index in [2.05, 4.69) is 0 Å². The molecule has 0 aliphatic heterocycles. The Balaban J connectivity index is 0.000000360. The second kappa shape index (κ2) is 5.27. The standard InChI is InChI=1S/C6H8F3N2.C2HF3O2/c1-10-4-3-5(11(10)2)6(7,8)9;3-2(4,5)1(6)7/h3-4H,1-2H3;(H,6,7)/q+1;/p-1. The van der Waals surface area contributed by atoms with Crippen LogP contribution in [0, 0.1) is 0 Å². The monoisotopic (exact) mass is 278 g/mol. The zero-order valence-electron chi connectivity index (χ0n) is 9.13. The van der Waals surface area contributed by atoms with Crippen molar-refractivity contribution in [3.63, 3.8) is 0 Å². The number of rotatable bonds is 0. The average Bonchev–Trinajstić information content (AvgIpc) is 2.45. The molecular formula is C8H8F6N2O2.